The van der Waals surface area contributed by atoms with Crippen LogP contribution in [0.2, 0.25) is 0 Å². The van der Waals surface area contributed by atoms with Crippen LogP contribution < -0.4 is 16.0 Å². The summed E-state index contributed by atoms with van der Waals surface area (Å²) in [7, 11) is 1.61. The molecule has 5 aromatic rings. The van der Waals surface area contributed by atoms with Gasteiger partial charge in [0.1, 0.15) is 10.4 Å². The summed E-state index contributed by atoms with van der Waals surface area (Å²) in [5.41, 5.74) is 4.35. The molecule has 162 valence electrons. The summed E-state index contributed by atoms with van der Waals surface area (Å²) in [5, 5.41) is 6.44. The number of aryl methyl sites for hydroxylation is 2. The largest absolute Gasteiger partial charge is 0.497 e. The Bertz CT molecular complexity index is 1570. The second-order valence-electron chi connectivity index (χ2n) is 7.88. The first kappa shape index (κ1) is 20.3. The average molecular weight is 447 g/mol. The number of benzene rings is 2. The quantitative estimate of drug-likeness (QED) is 0.414. The van der Waals surface area contributed by atoms with Crippen molar-refractivity contribution >= 4 is 27.3 Å². The van der Waals surface area contributed by atoms with Crippen molar-refractivity contribution in [1.29, 1.82) is 0 Å². The Kier molecular flexibility index (Phi) is 4.94. The van der Waals surface area contributed by atoms with E-state index in [0.717, 1.165) is 28.0 Å². The SMILES string of the molecule is COc1ccc(Cn2c(=O)c3sccc3n3c(=O)n(Cc4cc(C)ccc4C)nc23)cc1. The second-order valence-corrected chi connectivity index (χ2v) is 8.80. The van der Waals surface area contributed by atoms with Crippen LogP contribution in [0.5, 0.6) is 5.75 Å². The molecular formula is C24H22N4O3S. The third-order valence-corrected chi connectivity index (χ3v) is 6.60. The van der Waals surface area contributed by atoms with E-state index < -0.39 is 0 Å². The smallest absolute Gasteiger partial charge is 0.352 e. The Hall–Kier alpha value is -3.65. The predicted octanol–water partition coefficient (Wildman–Crippen LogP) is 3.59. The van der Waals surface area contributed by atoms with Gasteiger partial charge in [-0.1, -0.05) is 35.9 Å². The summed E-state index contributed by atoms with van der Waals surface area (Å²) in [6, 6.07) is 15.5. The minimum absolute atomic E-state index is 0.151. The minimum atomic E-state index is -0.257. The molecule has 0 saturated heterocycles. The summed E-state index contributed by atoms with van der Waals surface area (Å²) >= 11 is 1.34. The lowest BCUT2D eigenvalue weighted by Crippen LogP contribution is -2.26. The van der Waals surface area contributed by atoms with Gasteiger partial charge in [-0.25, -0.2) is 13.9 Å². The third-order valence-electron chi connectivity index (χ3n) is 5.71. The van der Waals surface area contributed by atoms with Gasteiger partial charge in [0.25, 0.3) is 5.56 Å². The molecular weight excluding hydrogens is 424 g/mol. The number of fused-ring (bicyclic) bond motifs is 3. The third kappa shape index (κ3) is 3.33. The molecule has 8 heteroatoms. The lowest BCUT2D eigenvalue weighted by molar-refractivity contribution is 0.414. The molecule has 0 aliphatic carbocycles. The van der Waals surface area contributed by atoms with Crippen molar-refractivity contribution in [3.8, 4) is 5.75 Å². The Labute approximate surface area is 187 Å². The van der Waals surface area contributed by atoms with Crippen LogP contribution in [-0.4, -0.2) is 25.9 Å². The Morgan fingerprint density at radius 3 is 2.53 bits per heavy atom. The molecule has 0 radical (unpaired) electrons. The number of thiophene rings is 1. The lowest BCUT2D eigenvalue weighted by Gasteiger charge is -2.08. The lowest BCUT2D eigenvalue weighted by atomic mass is 10.1. The molecule has 0 aliphatic rings. The van der Waals surface area contributed by atoms with Gasteiger partial charge in [-0.15, -0.1) is 16.4 Å². The van der Waals surface area contributed by atoms with Crippen molar-refractivity contribution in [1.82, 2.24) is 18.7 Å². The Morgan fingerprint density at radius 2 is 1.78 bits per heavy atom. The number of hydrogen-bond acceptors (Lipinski definition) is 5. The van der Waals surface area contributed by atoms with Crippen LogP contribution in [0.1, 0.15) is 22.3 Å². The highest BCUT2D eigenvalue weighted by atomic mass is 32.1. The van der Waals surface area contributed by atoms with E-state index in [4.69, 9.17) is 4.74 Å². The zero-order chi connectivity index (χ0) is 22.4. The Morgan fingerprint density at radius 1 is 1.00 bits per heavy atom. The number of ether oxygens (including phenoxy) is 1. The predicted molar refractivity (Wildman–Crippen MR) is 126 cm³/mol. The van der Waals surface area contributed by atoms with E-state index in [1.807, 2.05) is 55.6 Å². The van der Waals surface area contributed by atoms with Gasteiger partial charge < -0.3 is 4.74 Å². The molecule has 0 fully saturated rings. The van der Waals surface area contributed by atoms with Gasteiger partial charge in [0.15, 0.2) is 0 Å². The minimum Gasteiger partial charge on any atom is -0.497 e. The number of nitrogens with zero attached hydrogens (tertiary/aromatic N) is 4. The maximum Gasteiger partial charge on any atom is 0.352 e. The molecule has 0 amide bonds. The molecule has 0 N–H and O–H groups in total. The zero-order valence-electron chi connectivity index (χ0n) is 18.0. The second kappa shape index (κ2) is 7.80. The number of methoxy groups -OCH3 is 1. The van der Waals surface area contributed by atoms with Gasteiger partial charge in [0.05, 0.1) is 25.7 Å². The van der Waals surface area contributed by atoms with Crippen LogP contribution in [-0.2, 0) is 13.1 Å². The van der Waals surface area contributed by atoms with Crippen LogP contribution in [0.15, 0.2) is 63.5 Å². The Balaban J connectivity index is 1.70. The van der Waals surface area contributed by atoms with Crippen LogP contribution in [0, 0.1) is 13.8 Å². The van der Waals surface area contributed by atoms with Gasteiger partial charge >= 0.3 is 5.69 Å². The topological polar surface area (TPSA) is 70.5 Å². The molecule has 0 saturated carbocycles. The fraction of sp³-hybridized carbons (Fsp3) is 0.208. The van der Waals surface area contributed by atoms with Crippen molar-refractivity contribution in [2.75, 3.05) is 7.11 Å². The van der Waals surface area contributed by atoms with E-state index in [2.05, 4.69) is 11.2 Å². The van der Waals surface area contributed by atoms with Gasteiger partial charge in [0.2, 0.25) is 5.78 Å². The van der Waals surface area contributed by atoms with Gasteiger partial charge in [-0.05, 0) is 54.1 Å². The van der Waals surface area contributed by atoms with E-state index >= 15 is 0 Å². The van der Waals surface area contributed by atoms with Gasteiger partial charge in [-0.3, -0.25) is 9.36 Å². The normalized spacial score (nSPS) is 11.5. The standard InChI is InChI=1S/C24H22N4O3S/c1-15-4-5-16(2)18(12-15)14-27-24(30)28-20-10-11-32-21(20)22(29)26(23(28)25-27)13-17-6-8-19(31-3)9-7-17/h4-12H,13-14H2,1-3H3. The van der Waals surface area contributed by atoms with Crippen LogP contribution in [0.4, 0.5) is 0 Å². The maximum absolute atomic E-state index is 13.4. The van der Waals surface area contributed by atoms with Crippen molar-refractivity contribution in [3.63, 3.8) is 0 Å². The zero-order valence-corrected chi connectivity index (χ0v) is 18.8. The van der Waals surface area contributed by atoms with Crippen LogP contribution >= 0.6 is 11.3 Å². The molecule has 0 aliphatic heterocycles. The maximum atomic E-state index is 13.4. The van der Waals surface area contributed by atoms with E-state index in [1.54, 1.807) is 22.1 Å². The van der Waals surface area contributed by atoms with Crippen molar-refractivity contribution in [3.05, 3.63) is 97.0 Å². The average Bonchev–Trinajstić information content (AvgIpc) is 3.39. The fourth-order valence-electron chi connectivity index (χ4n) is 3.92. The number of hydrogen-bond donors (Lipinski definition) is 0. The van der Waals surface area contributed by atoms with E-state index in [9.17, 15) is 9.59 Å². The van der Waals surface area contributed by atoms with E-state index in [1.165, 1.54) is 16.0 Å². The first-order chi connectivity index (χ1) is 15.5. The van der Waals surface area contributed by atoms with Gasteiger partial charge in [-0.2, -0.15) is 0 Å². The molecule has 0 bridgehead atoms. The molecule has 3 aromatic heterocycles. The number of aromatic nitrogens is 4. The highest BCUT2D eigenvalue weighted by Crippen LogP contribution is 2.19. The van der Waals surface area contributed by atoms with E-state index in [-0.39, 0.29) is 11.2 Å². The summed E-state index contributed by atoms with van der Waals surface area (Å²) in [6.07, 6.45) is 0. The summed E-state index contributed by atoms with van der Waals surface area (Å²) in [6.45, 7) is 4.69. The highest BCUT2D eigenvalue weighted by Gasteiger charge is 2.19. The van der Waals surface area contributed by atoms with Gasteiger partial charge in [0, 0.05) is 0 Å². The first-order valence-electron chi connectivity index (χ1n) is 10.2. The fourth-order valence-corrected chi connectivity index (χ4v) is 4.75. The van der Waals surface area contributed by atoms with Crippen molar-refractivity contribution in [2.24, 2.45) is 0 Å². The highest BCUT2D eigenvalue weighted by molar-refractivity contribution is 7.17. The van der Waals surface area contributed by atoms with Crippen molar-refractivity contribution in [2.45, 2.75) is 26.9 Å². The van der Waals surface area contributed by atoms with Crippen LogP contribution in [0.3, 0.4) is 0 Å². The molecule has 7 nitrogen and oxygen atoms in total. The van der Waals surface area contributed by atoms with Crippen LogP contribution in [0.25, 0.3) is 16.0 Å². The number of rotatable bonds is 5. The van der Waals surface area contributed by atoms with E-state index in [0.29, 0.717) is 29.1 Å². The summed E-state index contributed by atoms with van der Waals surface area (Å²) in [4.78, 5) is 26.7. The molecule has 2 aromatic carbocycles. The summed E-state index contributed by atoms with van der Waals surface area (Å²) < 4.78 is 10.3. The molecule has 5 rings (SSSR count). The molecule has 3 heterocycles. The summed E-state index contributed by atoms with van der Waals surface area (Å²) in [5.74, 6) is 1.08. The molecule has 0 atom stereocenters. The molecule has 0 spiro atoms. The monoisotopic (exact) mass is 446 g/mol. The van der Waals surface area contributed by atoms with Crippen molar-refractivity contribution < 1.29 is 4.74 Å². The molecule has 32 heavy (non-hydrogen) atoms. The first-order valence-corrected chi connectivity index (χ1v) is 11.1. The molecule has 0 unspecified atom stereocenters.